The van der Waals surface area contributed by atoms with Crippen LogP contribution >= 0.6 is 0 Å². The zero-order valence-electron chi connectivity index (χ0n) is 9.28. The van der Waals surface area contributed by atoms with E-state index in [9.17, 15) is 9.18 Å². The molecular formula is C11H15FN2O3. The van der Waals surface area contributed by atoms with Crippen LogP contribution in [-0.4, -0.2) is 37.4 Å². The van der Waals surface area contributed by atoms with Gasteiger partial charge in [-0.3, -0.25) is 4.79 Å². The number of aliphatic hydroxyl groups excluding tert-OH is 1. The smallest absolute Gasteiger partial charge is 0.251 e. The summed E-state index contributed by atoms with van der Waals surface area (Å²) in [4.78, 5) is 11.5. The summed E-state index contributed by atoms with van der Waals surface area (Å²) in [7, 11) is 0. The number of anilines is 1. The summed E-state index contributed by atoms with van der Waals surface area (Å²) in [6, 6.07) is 3.65. The number of aliphatic hydroxyl groups is 1. The van der Waals surface area contributed by atoms with Crippen LogP contribution in [0.4, 0.5) is 10.1 Å². The minimum atomic E-state index is -0.549. The molecule has 1 amide bonds. The van der Waals surface area contributed by atoms with Crippen molar-refractivity contribution >= 4 is 11.6 Å². The van der Waals surface area contributed by atoms with Crippen LogP contribution in [0.15, 0.2) is 18.2 Å². The van der Waals surface area contributed by atoms with Gasteiger partial charge in [-0.1, -0.05) is 0 Å². The van der Waals surface area contributed by atoms with Crippen molar-refractivity contribution in [2.24, 2.45) is 0 Å². The zero-order chi connectivity index (χ0) is 12.7. The van der Waals surface area contributed by atoms with E-state index in [0.29, 0.717) is 0 Å². The molecule has 0 aliphatic rings. The fourth-order valence-electron chi connectivity index (χ4n) is 1.25. The molecule has 4 N–H and O–H groups in total. The van der Waals surface area contributed by atoms with Crippen LogP contribution in [0, 0.1) is 5.82 Å². The van der Waals surface area contributed by atoms with Crippen LogP contribution in [0.2, 0.25) is 0 Å². The lowest BCUT2D eigenvalue weighted by Crippen LogP contribution is -2.27. The molecule has 5 nitrogen and oxygen atoms in total. The second kappa shape index (κ2) is 6.82. The monoisotopic (exact) mass is 242 g/mol. The Balaban J connectivity index is 2.41. The van der Waals surface area contributed by atoms with Crippen LogP contribution in [0.3, 0.4) is 0 Å². The number of hydrogen-bond donors (Lipinski definition) is 3. The van der Waals surface area contributed by atoms with Crippen molar-refractivity contribution in [1.29, 1.82) is 0 Å². The van der Waals surface area contributed by atoms with Gasteiger partial charge in [0.15, 0.2) is 0 Å². The van der Waals surface area contributed by atoms with Crippen LogP contribution < -0.4 is 11.1 Å². The van der Waals surface area contributed by atoms with Crippen LogP contribution in [0.1, 0.15) is 10.4 Å². The average molecular weight is 242 g/mol. The van der Waals surface area contributed by atoms with E-state index in [2.05, 4.69) is 5.32 Å². The Labute approximate surface area is 98.4 Å². The molecule has 1 aromatic rings. The molecule has 0 aliphatic heterocycles. The Kier molecular flexibility index (Phi) is 5.38. The number of nitrogens with two attached hydrogens (primary N) is 1. The van der Waals surface area contributed by atoms with Crippen molar-refractivity contribution in [3.63, 3.8) is 0 Å². The van der Waals surface area contributed by atoms with Gasteiger partial charge in [-0.05, 0) is 18.2 Å². The maximum atomic E-state index is 13.0. The van der Waals surface area contributed by atoms with Gasteiger partial charge in [0.2, 0.25) is 0 Å². The number of carbonyl (C=O) groups is 1. The van der Waals surface area contributed by atoms with E-state index in [-0.39, 0.29) is 37.6 Å². The lowest BCUT2D eigenvalue weighted by Gasteiger charge is -2.06. The zero-order valence-corrected chi connectivity index (χ0v) is 9.28. The third kappa shape index (κ3) is 4.80. The number of ether oxygens (including phenoxy) is 1. The predicted molar refractivity (Wildman–Crippen MR) is 61.1 cm³/mol. The Morgan fingerprint density at radius 2 is 2.18 bits per heavy atom. The average Bonchev–Trinajstić information content (AvgIpc) is 2.27. The van der Waals surface area contributed by atoms with E-state index in [0.717, 1.165) is 12.1 Å². The Morgan fingerprint density at radius 3 is 2.82 bits per heavy atom. The summed E-state index contributed by atoms with van der Waals surface area (Å²) < 4.78 is 17.9. The molecule has 0 aromatic heterocycles. The van der Waals surface area contributed by atoms with Gasteiger partial charge in [0.05, 0.1) is 19.8 Å². The van der Waals surface area contributed by atoms with Crippen molar-refractivity contribution in [2.45, 2.75) is 0 Å². The van der Waals surface area contributed by atoms with Crippen molar-refractivity contribution in [3.05, 3.63) is 29.6 Å². The second-order valence-corrected chi connectivity index (χ2v) is 3.37. The first-order chi connectivity index (χ1) is 8.13. The highest BCUT2D eigenvalue weighted by molar-refractivity contribution is 5.95. The summed E-state index contributed by atoms with van der Waals surface area (Å²) in [6.07, 6.45) is 0. The highest BCUT2D eigenvalue weighted by atomic mass is 19.1. The van der Waals surface area contributed by atoms with E-state index in [1.165, 1.54) is 6.07 Å². The minimum absolute atomic E-state index is 0.0611. The first-order valence-corrected chi connectivity index (χ1v) is 5.16. The maximum absolute atomic E-state index is 13.0. The van der Waals surface area contributed by atoms with Crippen LogP contribution in [0.25, 0.3) is 0 Å². The van der Waals surface area contributed by atoms with Gasteiger partial charge >= 0.3 is 0 Å². The van der Waals surface area contributed by atoms with Gasteiger partial charge < -0.3 is 20.9 Å². The molecule has 1 rings (SSSR count). The topological polar surface area (TPSA) is 84.6 Å². The molecule has 6 heteroatoms. The van der Waals surface area contributed by atoms with E-state index < -0.39 is 11.7 Å². The SMILES string of the molecule is Nc1cc(F)cc(C(=O)NCCOCCO)c1. The van der Waals surface area contributed by atoms with Crippen molar-refractivity contribution in [2.75, 3.05) is 32.1 Å². The number of nitrogens with one attached hydrogen (secondary N) is 1. The van der Waals surface area contributed by atoms with Crippen molar-refractivity contribution in [3.8, 4) is 0 Å². The number of amides is 1. The third-order valence-corrected chi connectivity index (χ3v) is 1.95. The van der Waals surface area contributed by atoms with Gasteiger partial charge in [0.1, 0.15) is 5.82 Å². The second-order valence-electron chi connectivity index (χ2n) is 3.37. The Morgan fingerprint density at radius 1 is 1.41 bits per heavy atom. The van der Waals surface area contributed by atoms with Gasteiger partial charge in [-0.25, -0.2) is 4.39 Å². The molecule has 0 fully saturated rings. The molecule has 0 atom stereocenters. The first kappa shape index (κ1) is 13.4. The molecule has 0 spiro atoms. The number of halogens is 1. The van der Waals surface area contributed by atoms with Crippen molar-refractivity contribution in [1.82, 2.24) is 5.32 Å². The fraction of sp³-hybridized carbons (Fsp3) is 0.364. The normalized spacial score (nSPS) is 10.2. The van der Waals surface area contributed by atoms with E-state index in [1.807, 2.05) is 0 Å². The van der Waals surface area contributed by atoms with Crippen molar-refractivity contribution < 1.29 is 19.0 Å². The van der Waals surface area contributed by atoms with E-state index in [4.69, 9.17) is 15.6 Å². The third-order valence-electron chi connectivity index (χ3n) is 1.95. The molecule has 0 heterocycles. The lowest BCUT2D eigenvalue weighted by molar-refractivity contribution is 0.0838. The molecule has 94 valence electrons. The Hall–Kier alpha value is -1.66. The lowest BCUT2D eigenvalue weighted by atomic mass is 10.2. The number of benzene rings is 1. The molecule has 17 heavy (non-hydrogen) atoms. The summed E-state index contributed by atoms with van der Waals surface area (Å²) in [5.74, 6) is -0.963. The molecule has 0 unspecified atom stereocenters. The Bertz CT molecular complexity index is 365. The molecule has 0 bridgehead atoms. The summed E-state index contributed by atoms with van der Waals surface area (Å²) >= 11 is 0. The number of hydrogen-bond acceptors (Lipinski definition) is 4. The summed E-state index contributed by atoms with van der Waals surface area (Å²) in [5.41, 5.74) is 5.79. The summed E-state index contributed by atoms with van der Waals surface area (Å²) in [6.45, 7) is 0.740. The highest BCUT2D eigenvalue weighted by Crippen LogP contribution is 2.10. The molecular weight excluding hydrogens is 227 g/mol. The molecule has 0 aliphatic carbocycles. The molecule has 0 saturated carbocycles. The minimum Gasteiger partial charge on any atom is -0.399 e. The summed E-state index contributed by atoms with van der Waals surface area (Å²) in [5, 5.41) is 11.0. The van der Waals surface area contributed by atoms with Gasteiger partial charge in [0.25, 0.3) is 5.91 Å². The predicted octanol–water partition coefficient (Wildman–Crippen LogP) is 0.147. The molecule has 0 saturated heterocycles. The fourth-order valence-corrected chi connectivity index (χ4v) is 1.25. The van der Waals surface area contributed by atoms with Crippen LogP contribution in [0.5, 0.6) is 0 Å². The standard InChI is InChI=1S/C11H15FN2O3/c12-9-5-8(6-10(13)7-9)11(16)14-1-3-17-4-2-15/h5-7,15H,1-4,13H2,(H,14,16). The van der Waals surface area contributed by atoms with Crippen LogP contribution in [-0.2, 0) is 4.74 Å². The number of rotatable bonds is 6. The number of nitrogen functional groups attached to an aromatic ring is 1. The van der Waals surface area contributed by atoms with Gasteiger partial charge in [-0.2, -0.15) is 0 Å². The molecule has 0 radical (unpaired) electrons. The quantitative estimate of drug-likeness (QED) is 0.489. The number of carbonyl (C=O) groups excluding carboxylic acids is 1. The largest absolute Gasteiger partial charge is 0.399 e. The first-order valence-electron chi connectivity index (χ1n) is 5.16. The molecule has 1 aromatic carbocycles. The van der Waals surface area contributed by atoms with Gasteiger partial charge in [0, 0.05) is 17.8 Å². The van der Waals surface area contributed by atoms with Gasteiger partial charge in [-0.15, -0.1) is 0 Å². The van der Waals surface area contributed by atoms with E-state index >= 15 is 0 Å². The maximum Gasteiger partial charge on any atom is 0.251 e. The highest BCUT2D eigenvalue weighted by Gasteiger charge is 2.07. The van der Waals surface area contributed by atoms with E-state index in [1.54, 1.807) is 0 Å².